The summed E-state index contributed by atoms with van der Waals surface area (Å²) in [6.45, 7) is 2.85. The van der Waals surface area contributed by atoms with Crippen molar-refractivity contribution in [2.75, 3.05) is 18.2 Å². The zero-order valence-electron chi connectivity index (χ0n) is 17.4. The summed E-state index contributed by atoms with van der Waals surface area (Å²) in [6, 6.07) is 12.7. The number of thioether (sulfide) groups is 1. The number of hydrogen-bond acceptors (Lipinski definition) is 7. The molecule has 3 rings (SSSR count). The van der Waals surface area contributed by atoms with Crippen LogP contribution in [0.2, 0.25) is 0 Å². The van der Waals surface area contributed by atoms with E-state index in [1.54, 1.807) is 31.5 Å². The predicted octanol–water partition coefficient (Wildman–Crippen LogP) is 2.29. The maximum atomic E-state index is 12.3. The van der Waals surface area contributed by atoms with E-state index < -0.39 is 0 Å². The van der Waals surface area contributed by atoms with Gasteiger partial charge in [0.15, 0.2) is 11.0 Å². The van der Waals surface area contributed by atoms with E-state index in [1.165, 1.54) is 11.8 Å². The van der Waals surface area contributed by atoms with E-state index in [0.29, 0.717) is 23.3 Å². The van der Waals surface area contributed by atoms with Crippen LogP contribution in [0.5, 0.6) is 5.75 Å². The highest BCUT2D eigenvalue weighted by Gasteiger charge is 2.14. The van der Waals surface area contributed by atoms with E-state index in [4.69, 9.17) is 4.74 Å². The summed E-state index contributed by atoms with van der Waals surface area (Å²) < 4.78 is 7.00. The van der Waals surface area contributed by atoms with Crippen LogP contribution in [0.3, 0.4) is 0 Å². The fourth-order valence-electron chi connectivity index (χ4n) is 2.79. The molecule has 0 saturated heterocycles. The number of carbonyl (C=O) groups excluding carboxylic acids is 2. The fourth-order valence-corrected chi connectivity index (χ4v) is 3.61. The van der Waals surface area contributed by atoms with Crippen LogP contribution in [-0.4, -0.2) is 44.4 Å². The number of rotatable bonds is 10. The van der Waals surface area contributed by atoms with Crippen LogP contribution < -0.4 is 15.4 Å². The molecule has 0 aliphatic carbocycles. The highest BCUT2D eigenvalue weighted by Crippen LogP contribution is 2.17. The number of pyridine rings is 1. The second kappa shape index (κ2) is 11.1. The molecule has 0 saturated carbocycles. The van der Waals surface area contributed by atoms with E-state index in [9.17, 15) is 9.59 Å². The fraction of sp³-hybridized carbons (Fsp3) is 0.286. The molecule has 0 aliphatic heterocycles. The van der Waals surface area contributed by atoms with Crippen molar-refractivity contribution in [3.63, 3.8) is 0 Å². The lowest BCUT2D eigenvalue weighted by atomic mass is 10.1. The van der Waals surface area contributed by atoms with Gasteiger partial charge in [0.1, 0.15) is 11.6 Å². The molecule has 2 aromatic heterocycles. The van der Waals surface area contributed by atoms with Crippen molar-refractivity contribution in [2.45, 2.75) is 31.6 Å². The van der Waals surface area contributed by atoms with Crippen molar-refractivity contribution in [1.82, 2.24) is 25.1 Å². The van der Waals surface area contributed by atoms with Gasteiger partial charge < -0.3 is 19.9 Å². The van der Waals surface area contributed by atoms with Gasteiger partial charge >= 0.3 is 0 Å². The zero-order chi connectivity index (χ0) is 22.1. The second-order valence-electron chi connectivity index (χ2n) is 6.50. The summed E-state index contributed by atoms with van der Waals surface area (Å²) in [5, 5.41) is 14.6. The Kier molecular flexibility index (Phi) is 7.99. The minimum atomic E-state index is -0.177. The number of nitrogens with zero attached hydrogens (tertiary/aromatic N) is 4. The first kappa shape index (κ1) is 22.3. The lowest BCUT2D eigenvalue weighted by Crippen LogP contribution is -2.26. The van der Waals surface area contributed by atoms with Gasteiger partial charge in [0.05, 0.1) is 25.8 Å². The van der Waals surface area contributed by atoms with Crippen LogP contribution in [-0.2, 0) is 29.1 Å². The van der Waals surface area contributed by atoms with Crippen LogP contribution in [0.1, 0.15) is 18.3 Å². The summed E-state index contributed by atoms with van der Waals surface area (Å²) in [4.78, 5) is 28.5. The molecule has 162 valence electrons. The van der Waals surface area contributed by atoms with Crippen LogP contribution in [0.15, 0.2) is 53.8 Å². The van der Waals surface area contributed by atoms with Crippen molar-refractivity contribution < 1.29 is 14.3 Å². The van der Waals surface area contributed by atoms with Crippen molar-refractivity contribution in [3.8, 4) is 5.75 Å². The van der Waals surface area contributed by atoms with Crippen molar-refractivity contribution in [2.24, 2.45) is 0 Å². The average molecular weight is 441 g/mol. The highest BCUT2D eigenvalue weighted by atomic mass is 32.2. The Morgan fingerprint density at radius 1 is 1.10 bits per heavy atom. The molecule has 0 fully saturated rings. The Balaban J connectivity index is 1.50. The molecule has 2 N–H and O–H groups in total. The lowest BCUT2D eigenvalue weighted by molar-refractivity contribution is -0.120. The third-order valence-corrected chi connectivity index (χ3v) is 5.31. The minimum Gasteiger partial charge on any atom is -0.497 e. The SMILES string of the molecule is CCn1c(CNC(=O)Cc2ccc(OC)cc2)nnc1SCC(=O)Nc1ccccn1. The Morgan fingerprint density at radius 3 is 2.58 bits per heavy atom. The van der Waals surface area contributed by atoms with E-state index in [0.717, 1.165) is 11.3 Å². The second-order valence-corrected chi connectivity index (χ2v) is 7.44. The normalized spacial score (nSPS) is 10.5. The molecule has 0 aliphatic rings. The maximum absolute atomic E-state index is 12.3. The van der Waals surface area contributed by atoms with Gasteiger partial charge in [-0.2, -0.15) is 0 Å². The largest absolute Gasteiger partial charge is 0.497 e. The van der Waals surface area contributed by atoms with Gasteiger partial charge in [-0.1, -0.05) is 30.0 Å². The number of carbonyl (C=O) groups is 2. The number of anilines is 1. The molecule has 2 heterocycles. The lowest BCUT2D eigenvalue weighted by Gasteiger charge is -2.09. The van der Waals surface area contributed by atoms with E-state index >= 15 is 0 Å². The van der Waals surface area contributed by atoms with Gasteiger partial charge in [-0.3, -0.25) is 9.59 Å². The maximum Gasteiger partial charge on any atom is 0.236 e. The van der Waals surface area contributed by atoms with Crippen molar-refractivity contribution >= 4 is 29.4 Å². The monoisotopic (exact) mass is 440 g/mol. The Hall–Kier alpha value is -3.40. The van der Waals surface area contributed by atoms with Crippen molar-refractivity contribution in [1.29, 1.82) is 0 Å². The molecule has 0 unspecified atom stereocenters. The summed E-state index contributed by atoms with van der Waals surface area (Å²) in [6.07, 6.45) is 1.88. The standard InChI is InChI=1S/C21H24N6O3S/c1-3-27-18(13-23-19(28)12-15-7-9-16(30-2)10-8-15)25-26-21(27)31-14-20(29)24-17-6-4-5-11-22-17/h4-11H,3,12-14H2,1-2H3,(H,23,28)(H,22,24,29). The Morgan fingerprint density at radius 2 is 1.90 bits per heavy atom. The van der Waals surface area contributed by atoms with Gasteiger partial charge in [0, 0.05) is 12.7 Å². The summed E-state index contributed by atoms with van der Waals surface area (Å²) in [7, 11) is 1.60. The molecule has 9 nitrogen and oxygen atoms in total. The number of nitrogens with one attached hydrogen (secondary N) is 2. The molecule has 0 atom stereocenters. The number of methoxy groups -OCH3 is 1. The molecular formula is C21H24N6O3S. The number of amides is 2. The average Bonchev–Trinajstić information content (AvgIpc) is 3.19. The Labute approximate surface area is 184 Å². The van der Waals surface area contributed by atoms with E-state index in [2.05, 4.69) is 25.8 Å². The van der Waals surface area contributed by atoms with E-state index in [1.807, 2.05) is 35.8 Å². The first-order valence-corrected chi connectivity index (χ1v) is 10.7. The molecule has 0 radical (unpaired) electrons. The molecule has 0 bridgehead atoms. The summed E-state index contributed by atoms with van der Waals surface area (Å²) in [5.41, 5.74) is 0.894. The third kappa shape index (κ3) is 6.54. The smallest absolute Gasteiger partial charge is 0.236 e. The number of benzene rings is 1. The number of aromatic nitrogens is 4. The third-order valence-electron chi connectivity index (χ3n) is 4.34. The molecule has 31 heavy (non-hydrogen) atoms. The summed E-state index contributed by atoms with van der Waals surface area (Å²) >= 11 is 1.29. The van der Waals surface area contributed by atoms with Crippen LogP contribution >= 0.6 is 11.8 Å². The van der Waals surface area contributed by atoms with Crippen LogP contribution in [0.4, 0.5) is 5.82 Å². The first-order chi connectivity index (χ1) is 15.1. The van der Waals surface area contributed by atoms with Crippen LogP contribution in [0, 0.1) is 0 Å². The van der Waals surface area contributed by atoms with E-state index in [-0.39, 0.29) is 30.5 Å². The highest BCUT2D eigenvalue weighted by molar-refractivity contribution is 7.99. The molecule has 2 amide bonds. The van der Waals surface area contributed by atoms with Gasteiger partial charge in [-0.25, -0.2) is 4.98 Å². The number of hydrogen-bond donors (Lipinski definition) is 2. The van der Waals surface area contributed by atoms with Crippen LogP contribution in [0.25, 0.3) is 0 Å². The molecule has 3 aromatic rings. The quantitative estimate of drug-likeness (QED) is 0.465. The number of ether oxygens (including phenoxy) is 1. The first-order valence-electron chi connectivity index (χ1n) is 9.74. The summed E-state index contributed by atoms with van der Waals surface area (Å²) in [5.74, 6) is 1.78. The van der Waals surface area contributed by atoms with Gasteiger partial charge in [0.25, 0.3) is 0 Å². The zero-order valence-corrected chi connectivity index (χ0v) is 18.2. The van der Waals surface area contributed by atoms with Gasteiger partial charge in [-0.15, -0.1) is 10.2 Å². The molecule has 10 heteroatoms. The topological polar surface area (TPSA) is 111 Å². The van der Waals surface area contributed by atoms with Gasteiger partial charge in [0.2, 0.25) is 11.8 Å². The Bertz CT molecular complexity index is 1010. The molecule has 0 spiro atoms. The molecule has 1 aromatic carbocycles. The van der Waals surface area contributed by atoms with Crippen molar-refractivity contribution in [3.05, 3.63) is 60.0 Å². The molecular weight excluding hydrogens is 416 g/mol. The van der Waals surface area contributed by atoms with Gasteiger partial charge in [-0.05, 0) is 36.8 Å². The predicted molar refractivity (Wildman–Crippen MR) is 118 cm³/mol. The minimum absolute atomic E-state index is 0.111.